The van der Waals surface area contributed by atoms with Crippen LogP contribution in [0.15, 0.2) is 29.3 Å². The lowest BCUT2D eigenvalue weighted by atomic mass is 10.2. The number of carbonyl (C=O) groups excluding carboxylic acids is 1. The number of methoxy groups -OCH3 is 1. The molecule has 1 aromatic carbocycles. The van der Waals surface area contributed by atoms with E-state index in [0.717, 1.165) is 17.9 Å². The van der Waals surface area contributed by atoms with Crippen LogP contribution in [0.3, 0.4) is 0 Å². The molecule has 22 heavy (non-hydrogen) atoms. The number of hydrogen-bond acceptors (Lipinski definition) is 3. The highest BCUT2D eigenvalue weighted by Crippen LogP contribution is 2.17. The lowest BCUT2D eigenvalue weighted by Crippen LogP contribution is -2.41. The standard InChI is InChI=1S/C15H24N4O2.HI/c1-4-16-15(18-10-9-17-12(2)20)19-11-13-7-5-6-8-14(13)21-3;/h5-8H,4,9-11H2,1-3H3,(H,17,20)(H2,16,18,19);1H. The molecule has 3 N–H and O–H groups in total. The SMILES string of the molecule is CCNC(=NCc1ccccc1OC)NCCNC(C)=O.I. The third-order valence-corrected chi connectivity index (χ3v) is 2.74. The number of aliphatic imine (C=N–C) groups is 1. The molecular weight excluding hydrogens is 395 g/mol. The van der Waals surface area contributed by atoms with E-state index in [-0.39, 0.29) is 29.9 Å². The van der Waals surface area contributed by atoms with Gasteiger partial charge >= 0.3 is 0 Å². The van der Waals surface area contributed by atoms with Crippen LogP contribution in [0.2, 0.25) is 0 Å². The van der Waals surface area contributed by atoms with Gasteiger partial charge in [0.25, 0.3) is 0 Å². The molecule has 7 heteroatoms. The Morgan fingerprint density at radius 1 is 1.18 bits per heavy atom. The van der Waals surface area contributed by atoms with E-state index in [1.807, 2.05) is 31.2 Å². The van der Waals surface area contributed by atoms with Crippen molar-refractivity contribution >= 4 is 35.8 Å². The molecule has 0 aromatic heterocycles. The van der Waals surface area contributed by atoms with Crippen LogP contribution in [0.4, 0.5) is 0 Å². The van der Waals surface area contributed by atoms with Crippen LogP contribution in [0.5, 0.6) is 5.75 Å². The zero-order valence-corrected chi connectivity index (χ0v) is 15.6. The molecule has 0 atom stereocenters. The topological polar surface area (TPSA) is 74.8 Å². The van der Waals surface area contributed by atoms with Gasteiger partial charge in [0.15, 0.2) is 5.96 Å². The summed E-state index contributed by atoms with van der Waals surface area (Å²) in [4.78, 5) is 15.3. The van der Waals surface area contributed by atoms with Crippen LogP contribution in [0, 0.1) is 0 Å². The van der Waals surface area contributed by atoms with E-state index in [4.69, 9.17) is 4.74 Å². The lowest BCUT2D eigenvalue weighted by molar-refractivity contribution is -0.118. The maximum absolute atomic E-state index is 10.8. The second-order valence-electron chi connectivity index (χ2n) is 4.42. The molecule has 0 saturated carbocycles. The van der Waals surface area contributed by atoms with Gasteiger partial charge in [-0.3, -0.25) is 4.79 Å². The molecule has 0 bridgehead atoms. The summed E-state index contributed by atoms with van der Waals surface area (Å²) < 4.78 is 5.30. The number of nitrogens with zero attached hydrogens (tertiary/aromatic N) is 1. The smallest absolute Gasteiger partial charge is 0.216 e. The summed E-state index contributed by atoms with van der Waals surface area (Å²) >= 11 is 0. The molecular formula is C15H25IN4O2. The van der Waals surface area contributed by atoms with Crippen molar-refractivity contribution < 1.29 is 9.53 Å². The lowest BCUT2D eigenvalue weighted by Gasteiger charge is -2.12. The molecule has 1 amide bonds. The molecule has 0 saturated heterocycles. The second-order valence-corrected chi connectivity index (χ2v) is 4.42. The highest BCUT2D eigenvalue weighted by molar-refractivity contribution is 14.0. The number of ether oxygens (including phenoxy) is 1. The minimum absolute atomic E-state index is 0. The summed E-state index contributed by atoms with van der Waals surface area (Å²) in [6.45, 7) is 6.00. The predicted molar refractivity (Wildman–Crippen MR) is 99.9 cm³/mol. The number of amides is 1. The van der Waals surface area contributed by atoms with Crippen molar-refractivity contribution in [1.29, 1.82) is 0 Å². The summed E-state index contributed by atoms with van der Waals surface area (Å²) in [6, 6.07) is 7.80. The monoisotopic (exact) mass is 420 g/mol. The number of rotatable bonds is 7. The average Bonchev–Trinajstić information content (AvgIpc) is 2.49. The van der Waals surface area contributed by atoms with E-state index in [9.17, 15) is 4.79 Å². The van der Waals surface area contributed by atoms with Crippen LogP contribution in [-0.4, -0.2) is 38.6 Å². The zero-order valence-electron chi connectivity index (χ0n) is 13.3. The number of benzene rings is 1. The van der Waals surface area contributed by atoms with E-state index < -0.39 is 0 Å². The number of carbonyl (C=O) groups is 1. The summed E-state index contributed by atoms with van der Waals surface area (Å²) in [5, 5.41) is 9.06. The quantitative estimate of drug-likeness (QED) is 0.271. The van der Waals surface area contributed by atoms with E-state index in [2.05, 4.69) is 20.9 Å². The summed E-state index contributed by atoms with van der Waals surface area (Å²) in [5.74, 6) is 1.51. The molecule has 6 nitrogen and oxygen atoms in total. The van der Waals surface area contributed by atoms with Crippen molar-refractivity contribution in [3.05, 3.63) is 29.8 Å². The Hall–Kier alpha value is -1.51. The van der Waals surface area contributed by atoms with Gasteiger partial charge < -0.3 is 20.7 Å². The first-order valence-electron chi connectivity index (χ1n) is 7.06. The van der Waals surface area contributed by atoms with Crippen molar-refractivity contribution in [2.45, 2.75) is 20.4 Å². The minimum atomic E-state index is -0.0345. The van der Waals surface area contributed by atoms with E-state index >= 15 is 0 Å². The zero-order chi connectivity index (χ0) is 15.5. The maximum Gasteiger partial charge on any atom is 0.216 e. The molecule has 0 heterocycles. The molecule has 1 rings (SSSR count). The first kappa shape index (κ1) is 20.5. The summed E-state index contributed by atoms with van der Waals surface area (Å²) in [7, 11) is 1.65. The largest absolute Gasteiger partial charge is 0.496 e. The van der Waals surface area contributed by atoms with Gasteiger partial charge in [-0.05, 0) is 13.0 Å². The molecule has 1 aromatic rings. The highest BCUT2D eigenvalue weighted by atomic mass is 127. The highest BCUT2D eigenvalue weighted by Gasteiger charge is 2.02. The molecule has 0 unspecified atom stereocenters. The molecule has 0 spiro atoms. The Morgan fingerprint density at radius 2 is 1.86 bits per heavy atom. The molecule has 124 valence electrons. The molecule has 0 aliphatic carbocycles. The van der Waals surface area contributed by atoms with Crippen molar-refractivity contribution in [2.24, 2.45) is 4.99 Å². The number of nitrogens with one attached hydrogen (secondary N) is 3. The first-order chi connectivity index (χ1) is 10.2. The van der Waals surface area contributed by atoms with Gasteiger partial charge in [0.05, 0.1) is 13.7 Å². The molecule has 0 radical (unpaired) electrons. The fourth-order valence-corrected chi connectivity index (χ4v) is 1.76. The number of hydrogen-bond donors (Lipinski definition) is 3. The fourth-order valence-electron chi connectivity index (χ4n) is 1.76. The molecule has 0 aliphatic heterocycles. The summed E-state index contributed by atoms with van der Waals surface area (Å²) in [5.41, 5.74) is 1.03. The van der Waals surface area contributed by atoms with Gasteiger partial charge in [-0.2, -0.15) is 0 Å². The molecule has 0 aliphatic rings. The average molecular weight is 420 g/mol. The predicted octanol–water partition coefficient (Wildman–Crippen LogP) is 1.50. The van der Waals surface area contributed by atoms with Crippen molar-refractivity contribution in [2.75, 3.05) is 26.7 Å². The van der Waals surface area contributed by atoms with E-state index in [1.54, 1.807) is 7.11 Å². The Kier molecular flexibility index (Phi) is 11.2. The summed E-state index contributed by atoms with van der Waals surface area (Å²) in [6.07, 6.45) is 0. The Balaban J connectivity index is 0.00000441. The van der Waals surface area contributed by atoms with Crippen molar-refractivity contribution in [3.63, 3.8) is 0 Å². The van der Waals surface area contributed by atoms with Gasteiger partial charge in [0.2, 0.25) is 5.91 Å². The van der Waals surface area contributed by atoms with Gasteiger partial charge in [-0.25, -0.2) is 4.99 Å². The van der Waals surface area contributed by atoms with Gasteiger partial charge in [0.1, 0.15) is 5.75 Å². The number of guanidine groups is 1. The second kappa shape index (κ2) is 12.1. The minimum Gasteiger partial charge on any atom is -0.496 e. The number of halogens is 1. The Bertz CT molecular complexity index is 480. The van der Waals surface area contributed by atoms with Crippen LogP contribution in [0.25, 0.3) is 0 Å². The van der Waals surface area contributed by atoms with Crippen molar-refractivity contribution in [1.82, 2.24) is 16.0 Å². The third-order valence-electron chi connectivity index (χ3n) is 2.74. The Morgan fingerprint density at radius 3 is 2.50 bits per heavy atom. The molecule has 0 fully saturated rings. The van der Waals surface area contributed by atoms with Crippen LogP contribution in [-0.2, 0) is 11.3 Å². The van der Waals surface area contributed by atoms with Crippen LogP contribution in [0.1, 0.15) is 19.4 Å². The van der Waals surface area contributed by atoms with Gasteiger partial charge in [-0.15, -0.1) is 24.0 Å². The Labute approximate surface area is 149 Å². The van der Waals surface area contributed by atoms with E-state index in [0.29, 0.717) is 25.6 Å². The maximum atomic E-state index is 10.8. The van der Waals surface area contributed by atoms with Crippen LogP contribution < -0.4 is 20.7 Å². The normalized spacial score (nSPS) is 10.4. The third kappa shape index (κ3) is 8.06. The number of para-hydroxylation sites is 1. The van der Waals surface area contributed by atoms with Crippen LogP contribution >= 0.6 is 24.0 Å². The van der Waals surface area contributed by atoms with Crippen molar-refractivity contribution in [3.8, 4) is 5.75 Å². The van der Waals surface area contributed by atoms with Gasteiger partial charge in [-0.1, -0.05) is 18.2 Å². The van der Waals surface area contributed by atoms with Gasteiger partial charge in [0, 0.05) is 32.1 Å². The van der Waals surface area contributed by atoms with E-state index in [1.165, 1.54) is 6.92 Å². The fraction of sp³-hybridized carbons (Fsp3) is 0.467. The first-order valence-corrected chi connectivity index (χ1v) is 7.06.